The molecule has 0 aliphatic carbocycles. The predicted octanol–water partition coefficient (Wildman–Crippen LogP) is 4.97. The second-order valence-electron chi connectivity index (χ2n) is 9.10. The van der Waals surface area contributed by atoms with E-state index in [0.29, 0.717) is 12.3 Å². The molecule has 0 radical (unpaired) electrons. The van der Waals surface area contributed by atoms with E-state index >= 15 is 0 Å². The summed E-state index contributed by atoms with van der Waals surface area (Å²) in [6.45, 7) is 17.5. The molecule has 0 saturated carbocycles. The summed E-state index contributed by atoms with van der Waals surface area (Å²) in [5.41, 5.74) is 0. The van der Waals surface area contributed by atoms with Gasteiger partial charge in [0.1, 0.15) is 0 Å². The fourth-order valence-electron chi connectivity index (χ4n) is 2.69. The van der Waals surface area contributed by atoms with E-state index in [2.05, 4.69) is 47.7 Å². The van der Waals surface area contributed by atoms with Crippen molar-refractivity contribution in [1.82, 2.24) is 0 Å². The number of hydrogen-bond acceptors (Lipinski definition) is 4. The van der Waals surface area contributed by atoms with Crippen molar-refractivity contribution < 1.29 is 23.8 Å². The first-order chi connectivity index (χ1) is 11.8. The first-order valence-corrected chi connectivity index (χ1v) is 12.6. The third kappa shape index (κ3) is 7.14. The molecule has 0 aromatic rings. The van der Waals surface area contributed by atoms with Gasteiger partial charge >= 0.3 is 5.97 Å². The fourth-order valence-corrected chi connectivity index (χ4v) is 4.01. The summed E-state index contributed by atoms with van der Waals surface area (Å²) in [5.74, 6) is -0.488. The van der Waals surface area contributed by atoms with Gasteiger partial charge in [0.15, 0.2) is 14.6 Å². The third-order valence-electron chi connectivity index (χ3n) is 5.68. The van der Waals surface area contributed by atoms with Crippen molar-refractivity contribution in [3.8, 4) is 0 Å². The lowest BCUT2D eigenvalue weighted by Crippen LogP contribution is -2.53. The zero-order chi connectivity index (χ0) is 20.1. The number of carboxylic acids is 1. The lowest BCUT2D eigenvalue weighted by atomic mass is 9.95. The van der Waals surface area contributed by atoms with E-state index in [-0.39, 0.29) is 29.6 Å². The van der Waals surface area contributed by atoms with Crippen LogP contribution in [0.3, 0.4) is 0 Å². The van der Waals surface area contributed by atoms with E-state index in [9.17, 15) is 4.79 Å². The van der Waals surface area contributed by atoms with Gasteiger partial charge in [-0.05, 0) is 57.2 Å². The molecule has 1 aliphatic heterocycles. The third-order valence-corrected chi connectivity index (χ3v) is 10.2. The number of rotatable bonds is 8. The van der Waals surface area contributed by atoms with Crippen molar-refractivity contribution in [2.24, 2.45) is 5.92 Å². The van der Waals surface area contributed by atoms with Crippen LogP contribution in [-0.4, -0.2) is 44.0 Å². The number of carbonyl (C=O) groups is 1. The first kappa shape index (κ1) is 23.3. The zero-order valence-electron chi connectivity index (χ0n) is 17.7. The number of aliphatic carboxylic acids is 1. The van der Waals surface area contributed by atoms with Gasteiger partial charge in [-0.15, -0.1) is 0 Å². The molecule has 1 N–H and O–H groups in total. The number of hydrogen-bond donors (Lipinski definition) is 1. The van der Waals surface area contributed by atoms with E-state index in [1.165, 1.54) is 6.08 Å². The molecular formula is C20H38O5Si. The number of carboxylic acid groups (broad SMARTS) is 1. The Kier molecular flexibility index (Phi) is 8.52. The summed E-state index contributed by atoms with van der Waals surface area (Å²) in [6, 6.07) is 0. The molecular weight excluding hydrogens is 348 g/mol. The second-order valence-corrected chi connectivity index (χ2v) is 13.9. The molecule has 0 bridgehead atoms. The molecule has 5 nitrogen and oxygen atoms in total. The largest absolute Gasteiger partial charge is 0.478 e. The van der Waals surface area contributed by atoms with Crippen LogP contribution in [0, 0.1) is 5.92 Å². The molecule has 1 aliphatic rings. The van der Waals surface area contributed by atoms with Crippen molar-refractivity contribution in [3.63, 3.8) is 0 Å². The van der Waals surface area contributed by atoms with Crippen LogP contribution in [0.4, 0.5) is 0 Å². The van der Waals surface area contributed by atoms with Gasteiger partial charge in [0.2, 0.25) is 0 Å². The molecule has 1 rings (SSSR count). The van der Waals surface area contributed by atoms with Gasteiger partial charge < -0.3 is 19.0 Å². The quantitative estimate of drug-likeness (QED) is 0.471. The van der Waals surface area contributed by atoms with Crippen molar-refractivity contribution in [3.05, 3.63) is 12.2 Å². The summed E-state index contributed by atoms with van der Waals surface area (Å²) in [4.78, 5) is 10.5. The van der Waals surface area contributed by atoms with E-state index in [0.717, 1.165) is 12.8 Å². The maximum absolute atomic E-state index is 10.5. The van der Waals surface area contributed by atoms with Crippen molar-refractivity contribution >= 4 is 14.3 Å². The zero-order valence-corrected chi connectivity index (χ0v) is 18.7. The Balaban J connectivity index is 2.72. The summed E-state index contributed by atoms with van der Waals surface area (Å²) < 4.78 is 19.0. The fraction of sp³-hybridized carbons (Fsp3) is 0.850. The van der Waals surface area contributed by atoms with E-state index < -0.39 is 14.3 Å². The highest BCUT2D eigenvalue weighted by atomic mass is 28.4. The van der Waals surface area contributed by atoms with Crippen LogP contribution in [0.1, 0.15) is 60.8 Å². The number of allylic oxidation sites excluding steroid dienone is 1. The molecule has 1 fully saturated rings. The topological polar surface area (TPSA) is 65.0 Å². The summed E-state index contributed by atoms with van der Waals surface area (Å²) in [6.07, 6.45) is 4.88. The van der Waals surface area contributed by atoms with Crippen LogP contribution in [0.15, 0.2) is 12.2 Å². The Morgan fingerprint density at radius 2 is 1.96 bits per heavy atom. The standard InChI is InChI=1S/C20H38O5Si/c1-14-13-17(25-26(7,8)20(4,5)6)19(24-16(14)3)23-15(2)11-9-10-12-18(21)22/h10,12,14-17,19H,9,11,13H2,1-8H3,(H,21,22)/b12-10+/t14-,15-,16+,17-,19-/m1/s1. The van der Waals surface area contributed by atoms with Gasteiger partial charge in [-0.2, -0.15) is 0 Å². The van der Waals surface area contributed by atoms with Crippen LogP contribution in [0.25, 0.3) is 0 Å². The van der Waals surface area contributed by atoms with E-state index in [1.807, 2.05) is 6.92 Å². The van der Waals surface area contributed by atoms with E-state index in [1.54, 1.807) is 6.08 Å². The van der Waals surface area contributed by atoms with Crippen LogP contribution >= 0.6 is 0 Å². The molecule has 6 heteroatoms. The first-order valence-electron chi connectivity index (χ1n) is 9.71. The highest BCUT2D eigenvalue weighted by Crippen LogP contribution is 2.40. The molecule has 152 valence electrons. The average Bonchev–Trinajstić information content (AvgIpc) is 2.47. The molecule has 0 aromatic carbocycles. The monoisotopic (exact) mass is 386 g/mol. The minimum absolute atomic E-state index is 0.0235. The van der Waals surface area contributed by atoms with Crippen molar-refractivity contribution in [1.29, 1.82) is 0 Å². The normalized spacial score (nSPS) is 29.1. The minimum Gasteiger partial charge on any atom is -0.478 e. The Morgan fingerprint density at radius 1 is 1.35 bits per heavy atom. The molecule has 1 heterocycles. The van der Waals surface area contributed by atoms with Crippen LogP contribution in [-0.2, 0) is 18.7 Å². The number of ether oxygens (including phenoxy) is 2. The predicted molar refractivity (Wildman–Crippen MR) is 107 cm³/mol. The Hall–Kier alpha value is -0.693. The van der Waals surface area contributed by atoms with Crippen LogP contribution < -0.4 is 0 Å². The molecule has 0 aromatic heterocycles. The summed E-state index contributed by atoms with van der Waals surface area (Å²) in [5, 5.41) is 8.79. The van der Waals surface area contributed by atoms with Crippen molar-refractivity contribution in [2.75, 3.05) is 0 Å². The lowest BCUT2D eigenvalue weighted by molar-refractivity contribution is -0.259. The van der Waals surface area contributed by atoms with Gasteiger partial charge in [-0.1, -0.05) is 33.8 Å². The van der Waals surface area contributed by atoms with Gasteiger partial charge in [0.05, 0.1) is 18.3 Å². The Morgan fingerprint density at radius 3 is 2.50 bits per heavy atom. The molecule has 26 heavy (non-hydrogen) atoms. The molecule has 1 saturated heterocycles. The van der Waals surface area contributed by atoms with Crippen LogP contribution in [0.2, 0.25) is 18.1 Å². The molecule has 5 atom stereocenters. The smallest absolute Gasteiger partial charge is 0.327 e. The van der Waals surface area contributed by atoms with Crippen molar-refractivity contribution in [2.45, 2.75) is 104 Å². The van der Waals surface area contributed by atoms with E-state index in [4.69, 9.17) is 19.0 Å². The van der Waals surface area contributed by atoms with Gasteiger partial charge in [-0.3, -0.25) is 0 Å². The Labute approximate surface area is 160 Å². The molecule has 0 spiro atoms. The maximum atomic E-state index is 10.5. The highest BCUT2D eigenvalue weighted by Gasteiger charge is 2.44. The molecule has 0 amide bonds. The second kappa shape index (κ2) is 9.49. The SMILES string of the molecule is C[C@H](CC/C=C/C(=O)O)O[C@@H]1O[C@@H](C)[C@H](C)C[C@H]1O[Si](C)(C)C(C)(C)C. The Bertz CT molecular complexity index is 483. The van der Waals surface area contributed by atoms with Gasteiger partial charge in [0, 0.05) is 6.08 Å². The molecule has 0 unspecified atom stereocenters. The minimum atomic E-state index is -1.92. The van der Waals surface area contributed by atoms with Gasteiger partial charge in [-0.25, -0.2) is 4.79 Å². The summed E-state index contributed by atoms with van der Waals surface area (Å²) in [7, 11) is -1.92. The maximum Gasteiger partial charge on any atom is 0.327 e. The average molecular weight is 387 g/mol. The van der Waals surface area contributed by atoms with Crippen LogP contribution in [0.5, 0.6) is 0 Å². The highest BCUT2D eigenvalue weighted by molar-refractivity contribution is 6.74. The lowest BCUT2D eigenvalue weighted by Gasteiger charge is -2.45. The summed E-state index contributed by atoms with van der Waals surface area (Å²) >= 11 is 0. The van der Waals surface area contributed by atoms with Gasteiger partial charge in [0.25, 0.3) is 0 Å².